The van der Waals surface area contributed by atoms with E-state index in [9.17, 15) is 41.0 Å². The van der Waals surface area contributed by atoms with E-state index >= 15 is 0 Å². The van der Waals surface area contributed by atoms with Crippen LogP contribution in [0.15, 0.2) is 66.9 Å². The molecule has 2 fully saturated rings. The number of hydrogen-bond acceptors (Lipinski definition) is 5. The van der Waals surface area contributed by atoms with Gasteiger partial charge in [-0.05, 0) is 85.4 Å². The van der Waals surface area contributed by atoms with E-state index in [0.29, 0.717) is 10.9 Å². The number of piperidine rings is 2. The van der Waals surface area contributed by atoms with Crippen molar-refractivity contribution in [1.82, 2.24) is 20.1 Å². The molecule has 50 heavy (non-hydrogen) atoms. The number of halogens is 6. The van der Waals surface area contributed by atoms with Crippen molar-refractivity contribution < 1.29 is 41.0 Å². The molecule has 6 rings (SSSR count). The fraction of sp³-hybridized carbons (Fsp3) is 0.432. The highest BCUT2D eigenvalue weighted by atomic mass is 19.4. The van der Waals surface area contributed by atoms with Crippen LogP contribution in [0.1, 0.15) is 43.2 Å². The Morgan fingerprint density at radius 2 is 1.52 bits per heavy atom. The van der Waals surface area contributed by atoms with E-state index < -0.39 is 68.2 Å². The normalized spacial score (nSPS) is 18.3. The average molecular weight is 701 g/mol. The van der Waals surface area contributed by atoms with Crippen molar-refractivity contribution >= 4 is 33.6 Å². The highest BCUT2D eigenvalue weighted by Gasteiger charge is 2.61. The SMILES string of the molecule is O=C(O)[C@H](Cc1cccc2c(-c3c(CN4CCCCC4)ccc4cccnc34)cccc12)NC(=O)C1(C(F)(F)F)CCN(CC(F)(F)F)CC1. The molecule has 1 atom stereocenters. The van der Waals surface area contributed by atoms with Crippen molar-refractivity contribution in [3.8, 4) is 11.1 Å². The van der Waals surface area contributed by atoms with Crippen LogP contribution in [0.3, 0.4) is 0 Å². The molecule has 1 amide bonds. The van der Waals surface area contributed by atoms with Crippen LogP contribution in [0.4, 0.5) is 26.3 Å². The number of aliphatic carboxylic acids is 1. The fourth-order valence-electron chi connectivity index (χ4n) is 7.45. The van der Waals surface area contributed by atoms with E-state index in [1.807, 2.05) is 36.4 Å². The molecular weight excluding hydrogens is 662 g/mol. The summed E-state index contributed by atoms with van der Waals surface area (Å²) in [5.74, 6) is -3.07. The summed E-state index contributed by atoms with van der Waals surface area (Å²) in [6.45, 7) is 0.0856. The van der Waals surface area contributed by atoms with Gasteiger partial charge in [0.1, 0.15) is 11.5 Å². The number of alkyl halides is 6. The Morgan fingerprint density at radius 1 is 0.820 bits per heavy atom. The monoisotopic (exact) mass is 700 g/mol. The summed E-state index contributed by atoms with van der Waals surface area (Å²) in [5.41, 5.74) is 1.21. The molecule has 7 nitrogen and oxygen atoms in total. The number of fused-ring (bicyclic) bond motifs is 2. The molecule has 2 saturated heterocycles. The van der Waals surface area contributed by atoms with Crippen molar-refractivity contribution in [3.63, 3.8) is 0 Å². The van der Waals surface area contributed by atoms with Gasteiger partial charge >= 0.3 is 18.3 Å². The third kappa shape index (κ3) is 7.44. The van der Waals surface area contributed by atoms with E-state index in [2.05, 4.69) is 22.3 Å². The number of carbonyl (C=O) groups is 2. The van der Waals surface area contributed by atoms with Crippen molar-refractivity contribution in [2.75, 3.05) is 32.7 Å². The Morgan fingerprint density at radius 3 is 2.20 bits per heavy atom. The van der Waals surface area contributed by atoms with Gasteiger partial charge in [0, 0.05) is 30.1 Å². The lowest BCUT2D eigenvalue weighted by atomic mass is 9.76. The summed E-state index contributed by atoms with van der Waals surface area (Å²) in [4.78, 5) is 33.8. The van der Waals surface area contributed by atoms with Gasteiger partial charge in [-0.2, -0.15) is 26.3 Å². The number of likely N-dealkylation sites (tertiary alicyclic amines) is 2. The van der Waals surface area contributed by atoms with Crippen molar-refractivity contribution in [2.45, 2.75) is 63.5 Å². The lowest BCUT2D eigenvalue weighted by Crippen LogP contribution is -2.59. The average Bonchev–Trinajstić information content (AvgIpc) is 3.07. The minimum atomic E-state index is -5.10. The molecule has 13 heteroatoms. The van der Waals surface area contributed by atoms with Crippen LogP contribution < -0.4 is 5.32 Å². The number of pyridine rings is 1. The summed E-state index contributed by atoms with van der Waals surface area (Å²) in [7, 11) is 0. The molecule has 0 spiro atoms. The highest BCUT2D eigenvalue weighted by Crippen LogP contribution is 2.47. The molecule has 1 aromatic heterocycles. The molecule has 0 radical (unpaired) electrons. The van der Waals surface area contributed by atoms with E-state index in [1.54, 1.807) is 18.3 Å². The van der Waals surface area contributed by atoms with Gasteiger partial charge in [-0.15, -0.1) is 0 Å². The smallest absolute Gasteiger partial charge is 0.403 e. The van der Waals surface area contributed by atoms with Gasteiger partial charge in [0.15, 0.2) is 0 Å². The van der Waals surface area contributed by atoms with Gasteiger partial charge < -0.3 is 10.4 Å². The number of hydrogen-bond donors (Lipinski definition) is 2. The molecule has 4 aromatic rings. The number of nitrogens with one attached hydrogen (secondary N) is 1. The van der Waals surface area contributed by atoms with Crippen LogP contribution in [0.2, 0.25) is 0 Å². The first-order chi connectivity index (χ1) is 23.8. The summed E-state index contributed by atoms with van der Waals surface area (Å²) in [6.07, 6.45) is -6.66. The largest absolute Gasteiger partial charge is 0.480 e. The summed E-state index contributed by atoms with van der Waals surface area (Å²) >= 11 is 0. The zero-order valence-electron chi connectivity index (χ0n) is 27.3. The lowest BCUT2D eigenvalue weighted by molar-refractivity contribution is -0.236. The first kappa shape index (κ1) is 35.6. The van der Waals surface area contributed by atoms with Crippen LogP contribution in [-0.2, 0) is 22.6 Å². The molecule has 266 valence electrons. The highest BCUT2D eigenvalue weighted by molar-refractivity contribution is 6.06. The topological polar surface area (TPSA) is 85.8 Å². The molecular formula is C37H38F6N4O3. The Bertz CT molecular complexity index is 1860. The summed E-state index contributed by atoms with van der Waals surface area (Å²) in [6, 6.07) is 17.3. The first-order valence-corrected chi connectivity index (χ1v) is 16.8. The van der Waals surface area contributed by atoms with Crippen LogP contribution in [0.5, 0.6) is 0 Å². The molecule has 3 aromatic carbocycles. The molecule has 2 N–H and O–H groups in total. The number of carboxylic acid groups (broad SMARTS) is 1. The van der Waals surface area contributed by atoms with Gasteiger partial charge in [0.05, 0.1) is 12.1 Å². The van der Waals surface area contributed by atoms with Crippen LogP contribution in [-0.4, -0.2) is 82.9 Å². The predicted octanol–water partition coefficient (Wildman–Crippen LogP) is 7.36. The maximum atomic E-state index is 14.4. The maximum Gasteiger partial charge on any atom is 0.403 e. The van der Waals surface area contributed by atoms with Crippen LogP contribution in [0.25, 0.3) is 32.8 Å². The van der Waals surface area contributed by atoms with Gasteiger partial charge in [-0.25, -0.2) is 4.79 Å². The van der Waals surface area contributed by atoms with Gasteiger partial charge in [-0.1, -0.05) is 61.0 Å². The molecule has 0 unspecified atom stereocenters. The fourth-order valence-corrected chi connectivity index (χ4v) is 7.45. The lowest BCUT2D eigenvalue weighted by Gasteiger charge is -2.42. The number of carbonyl (C=O) groups excluding carboxylic acids is 1. The number of nitrogens with zero attached hydrogens (tertiary/aromatic N) is 3. The molecule has 2 aliphatic rings. The minimum Gasteiger partial charge on any atom is -0.480 e. The Kier molecular flexibility index (Phi) is 10.1. The molecule has 0 bridgehead atoms. The number of carboxylic acids is 1. The predicted molar refractivity (Wildman–Crippen MR) is 177 cm³/mol. The minimum absolute atomic E-state index is 0.315. The maximum absolute atomic E-state index is 14.4. The Labute approximate surface area is 285 Å². The molecule has 0 saturated carbocycles. The second-order valence-electron chi connectivity index (χ2n) is 13.4. The Balaban J connectivity index is 1.32. The zero-order valence-corrected chi connectivity index (χ0v) is 27.3. The van der Waals surface area contributed by atoms with E-state index in [0.717, 1.165) is 70.4 Å². The Hall–Kier alpha value is -4.23. The standard InChI is InChI=1S/C37H38F6N4O3/c38-36(39,40)23-47-19-14-35(15-20-47,37(41,42)43)34(50)45-30(33(48)49)21-25-7-4-10-28-27(25)9-5-11-29(28)31-26(22-46-17-2-1-3-18-46)13-12-24-8-6-16-44-32(24)31/h4-13,16,30H,1-3,14-15,17-23H2,(H,45,50)(H,48,49)/t30-/m0/s1. The molecule has 0 aliphatic carbocycles. The van der Waals surface area contributed by atoms with Gasteiger partial charge in [0.2, 0.25) is 5.91 Å². The van der Waals surface area contributed by atoms with E-state index in [-0.39, 0.29) is 6.42 Å². The summed E-state index contributed by atoms with van der Waals surface area (Å²) < 4.78 is 82.0. The van der Waals surface area contributed by atoms with E-state index in [1.165, 1.54) is 6.42 Å². The third-order valence-corrected chi connectivity index (χ3v) is 10.1. The van der Waals surface area contributed by atoms with Crippen molar-refractivity contribution in [1.29, 1.82) is 0 Å². The van der Waals surface area contributed by atoms with Gasteiger partial charge in [-0.3, -0.25) is 19.6 Å². The quantitative estimate of drug-likeness (QED) is 0.178. The molecule has 3 heterocycles. The number of benzene rings is 3. The third-order valence-electron chi connectivity index (χ3n) is 10.1. The number of amides is 1. The van der Waals surface area contributed by atoms with Crippen molar-refractivity contribution in [3.05, 3.63) is 78.0 Å². The number of aromatic nitrogens is 1. The first-order valence-electron chi connectivity index (χ1n) is 16.8. The molecule has 2 aliphatic heterocycles. The number of rotatable bonds is 9. The zero-order chi connectivity index (χ0) is 35.7. The second kappa shape index (κ2) is 14.2. The van der Waals surface area contributed by atoms with Crippen LogP contribution in [0, 0.1) is 5.41 Å². The summed E-state index contributed by atoms with van der Waals surface area (Å²) in [5, 5.41) is 14.7. The van der Waals surface area contributed by atoms with Crippen LogP contribution >= 0.6 is 0 Å². The second-order valence-corrected chi connectivity index (χ2v) is 13.4. The van der Waals surface area contributed by atoms with E-state index in [4.69, 9.17) is 4.98 Å². The van der Waals surface area contributed by atoms with Crippen molar-refractivity contribution in [2.24, 2.45) is 5.41 Å². The van der Waals surface area contributed by atoms with Gasteiger partial charge in [0.25, 0.3) is 0 Å².